The van der Waals surface area contributed by atoms with E-state index < -0.39 is 0 Å². The molecular weight excluding hydrogens is 340 g/mol. The van der Waals surface area contributed by atoms with Gasteiger partial charge in [0.1, 0.15) is 0 Å². The van der Waals surface area contributed by atoms with Crippen LogP contribution in [0.15, 0.2) is 49.1 Å². The van der Waals surface area contributed by atoms with Crippen LogP contribution in [0.1, 0.15) is 28.8 Å². The molecule has 2 aromatic rings. The molecule has 2 aromatic heterocycles. The van der Waals surface area contributed by atoms with E-state index in [2.05, 4.69) is 27.4 Å². The molecule has 27 heavy (non-hydrogen) atoms. The number of amides is 1. The Balaban J connectivity index is 1.28. The summed E-state index contributed by atoms with van der Waals surface area (Å²) >= 11 is 0. The lowest BCUT2D eigenvalue weighted by molar-refractivity contribution is 0.0699. The van der Waals surface area contributed by atoms with Crippen molar-refractivity contribution in [3.05, 3.63) is 60.2 Å². The molecule has 142 valence electrons. The SMILES string of the molecule is O=C(c1ccncc1)N1CCC(N[C@@H]2COC[C@H]2Cc2ccncc2)CC1. The van der Waals surface area contributed by atoms with E-state index >= 15 is 0 Å². The molecular formula is C21H26N4O2. The average molecular weight is 366 g/mol. The zero-order valence-corrected chi connectivity index (χ0v) is 15.5. The summed E-state index contributed by atoms with van der Waals surface area (Å²) in [6, 6.07) is 8.55. The van der Waals surface area contributed by atoms with Crippen LogP contribution in [0.25, 0.3) is 0 Å². The molecule has 2 fully saturated rings. The maximum atomic E-state index is 12.6. The van der Waals surface area contributed by atoms with Gasteiger partial charge in [-0.3, -0.25) is 14.8 Å². The van der Waals surface area contributed by atoms with E-state index in [1.165, 1.54) is 5.56 Å². The summed E-state index contributed by atoms with van der Waals surface area (Å²) in [4.78, 5) is 22.6. The van der Waals surface area contributed by atoms with E-state index in [1.807, 2.05) is 17.3 Å². The molecule has 0 unspecified atom stereocenters. The van der Waals surface area contributed by atoms with E-state index in [-0.39, 0.29) is 5.91 Å². The average Bonchev–Trinajstić information content (AvgIpc) is 3.16. The zero-order valence-electron chi connectivity index (χ0n) is 15.5. The molecule has 6 nitrogen and oxygen atoms in total. The summed E-state index contributed by atoms with van der Waals surface area (Å²) in [5.41, 5.74) is 2.03. The molecule has 6 heteroatoms. The Bertz CT molecular complexity index is 732. The first-order chi connectivity index (χ1) is 13.3. The Morgan fingerprint density at radius 3 is 2.41 bits per heavy atom. The summed E-state index contributed by atoms with van der Waals surface area (Å²) in [6.07, 6.45) is 10.0. The van der Waals surface area contributed by atoms with Crippen LogP contribution in [0.3, 0.4) is 0 Å². The highest BCUT2D eigenvalue weighted by atomic mass is 16.5. The van der Waals surface area contributed by atoms with Crippen LogP contribution in [-0.2, 0) is 11.2 Å². The third kappa shape index (κ3) is 4.51. The number of pyridine rings is 2. The second kappa shape index (κ2) is 8.59. The van der Waals surface area contributed by atoms with Crippen molar-refractivity contribution in [2.24, 2.45) is 5.92 Å². The lowest BCUT2D eigenvalue weighted by Gasteiger charge is -2.34. The normalized spacial score (nSPS) is 23.5. The van der Waals surface area contributed by atoms with Gasteiger partial charge in [0.15, 0.2) is 0 Å². The van der Waals surface area contributed by atoms with Gasteiger partial charge in [-0.15, -0.1) is 0 Å². The quantitative estimate of drug-likeness (QED) is 0.876. The van der Waals surface area contributed by atoms with Gasteiger partial charge in [-0.25, -0.2) is 0 Å². The lowest BCUT2D eigenvalue weighted by atomic mass is 9.93. The second-order valence-electron chi connectivity index (χ2n) is 7.43. The molecule has 1 N–H and O–H groups in total. The number of nitrogens with one attached hydrogen (secondary N) is 1. The summed E-state index contributed by atoms with van der Waals surface area (Å²) in [5.74, 6) is 0.597. The minimum Gasteiger partial charge on any atom is -0.379 e. The van der Waals surface area contributed by atoms with Crippen LogP contribution in [0.2, 0.25) is 0 Å². The van der Waals surface area contributed by atoms with Crippen LogP contribution in [0.5, 0.6) is 0 Å². The number of rotatable bonds is 5. The van der Waals surface area contributed by atoms with Gasteiger partial charge in [0, 0.05) is 61.4 Å². The van der Waals surface area contributed by atoms with Gasteiger partial charge in [0.05, 0.1) is 13.2 Å². The number of carbonyl (C=O) groups is 1. The number of carbonyl (C=O) groups excluding carboxylic acids is 1. The molecule has 0 bridgehead atoms. The Kier molecular flexibility index (Phi) is 5.75. The molecule has 0 aromatic carbocycles. The lowest BCUT2D eigenvalue weighted by Crippen LogP contribution is -2.49. The van der Waals surface area contributed by atoms with Gasteiger partial charge in [-0.05, 0) is 49.1 Å². The van der Waals surface area contributed by atoms with Crippen molar-refractivity contribution < 1.29 is 9.53 Å². The highest BCUT2D eigenvalue weighted by Crippen LogP contribution is 2.22. The Labute approximate surface area is 160 Å². The number of hydrogen-bond donors (Lipinski definition) is 1. The standard InChI is InChI=1S/C21H26N4O2/c26-21(17-3-9-23-10-4-17)25-11-5-19(6-12-25)24-20-15-27-14-18(20)13-16-1-7-22-8-2-16/h1-4,7-10,18-20,24H,5-6,11-15H2/t18-,20-/m1/s1. The van der Waals surface area contributed by atoms with Gasteiger partial charge in [0.2, 0.25) is 0 Å². The van der Waals surface area contributed by atoms with Crippen molar-refractivity contribution >= 4 is 5.91 Å². The molecule has 2 aliphatic rings. The molecule has 4 rings (SSSR count). The summed E-state index contributed by atoms with van der Waals surface area (Å²) in [5, 5.41) is 3.80. The fourth-order valence-corrected chi connectivity index (χ4v) is 4.03. The predicted molar refractivity (Wildman–Crippen MR) is 102 cm³/mol. The molecule has 0 radical (unpaired) electrons. The van der Waals surface area contributed by atoms with Crippen molar-refractivity contribution in [3.63, 3.8) is 0 Å². The van der Waals surface area contributed by atoms with Crippen LogP contribution in [-0.4, -0.2) is 59.2 Å². The Morgan fingerprint density at radius 1 is 1.04 bits per heavy atom. The highest BCUT2D eigenvalue weighted by molar-refractivity contribution is 5.94. The molecule has 1 amide bonds. The third-order valence-electron chi connectivity index (χ3n) is 5.60. The molecule has 0 spiro atoms. The van der Waals surface area contributed by atoms with Crippen LogP contribution in [0.4, 0.5) is 0 Å². The van der Waals surface area contributed by atoms with E-state index in [4.69, 9.17) is 4.74 Å². The second-order valence-corrected chi connectivity index (χ2v) is 7.43. The third-order valence-corrected chi connectivity index (χ3v) is 5.60. The molecule has 0 aliphatic carbocycles. The number of piperidine rings is 1. The van der Waals surface area contributed by atoms with Crippen LogP contribution >= 0.6 is 0 Å². The van der Waals surface area contributed by atoms with Crippen LogP contribution in [0, 0.1) is 5.92 Å². The van der Waals surface area contributed by atoms with Crippen LogP contribution < -0.4 is 5.32 Å². The Morgan fingerprint density at radius 2 is 1.70 bits per heavy atom. The van der Waals surface area contributed by atoms with Gasteiger partial charge >= 0.3 is 0 Å². The number of hydrogen-bond acceptors (Lipinski definition) is 5. The zero-order chi connectivity index (χ0) is 18.5. The smallest absolute Gasteiger partial charge is 0.253 e. The molecule has 4 heterocycles. The first kappa shape index (κ1) is 18.1. The highest BCUT2D eigenvalue weighted by Gasteiger charge is 2.32. The van der Waals surface area contributed by atoms with Crippen molar-refractivity contribution in [2.75, 3.05) is 26.3 Å². The van der Waals surface area contributed by atoms with Gasteiger partial charge in [-0.1, -0.05) is 0 Å². The molecule has 2 atom stereocenters. The monoisotopic (exact) mass is 366 g/mol. The summed E-state index contributed by atoms with van der Waals surface area (Å²) in [7, 11) is 0. The first-order valence-corrected chi connectivity index (χ1v) is 9.71. The van der Waals surface area contributed by atoms with Gasteiger partial charge in [-0.2, -0.15) is 0 Å². The van der Waals surface area contributed by atoms with E-state index in [0.29, 0.717) is 18.0 Å². The van der Waals surface area contributed by atoms with Crippen molar-refractivity contribution in [1.82, 2.24) is 20.2 Å². The minimum atomic E-state index is 0.107. The predicted octanol–water partition coefficient (Wildman–Crippen LogP) is 1.93. The maximum absolute atomic E-state index is 12.6. The maximum Gasteiger partial charge on any atom is 0.253 e. The van der Waals surface area contributed by atoms with Crippen molar-refractivity contribution in [2.45, 2.75) is 31.3 Å². The van der Waals surface area contributed by atoms with E-state index in [1.54, 1.807) is 24.5 Å². The first-order valence-electron chi connectivity index (χ1n) is 9.71. The van der Waals surface area contributed by atoms with Crippen molar-refractivity contribution in [3.8, 4) is 0 Å². The molecule has 0 saturated carbocycles. The summed E-state index contributed by atoms with van der Waals surface area (Å²) < 4.78 is 5.75. The number of likely N-dealkylation sites (tertiary alicyclic amines) is 1. The van der Waals surface area contributed by atoms with E-state index in [0.717, 1.165) is 51.1 Å². The van der Waals surface area contributed by atoms with Gasteiger partial charge in [0.25, 0.3) is 5.91 Å². The molecule has 2 aliphatic heterocycles. The Hall–Kier alpha value is -2.31. The van der Waals surface area contributed by atoms with E-state index in [9.17, 15) is 4.79 Å². The number of nitrogens with zero attached hydrogens (tertiary/aromatic N) is 3. The minimum absolute atomic E-state index is 0.107. The fraction of sp³-hybridized carbons (Fsp3) is 0.476. The van der Waals surface area contributed by atoms with Gasteiger partial charge < -0.3 is 15.0 Å². The van der Waals surface area contributed by atoms with Crippen molar-refractivity contribution in [1.29, 1.82) is 0 Å². The summed E-state index contributed by atoms with van der Waals surface area (Å²) in [6.45, 7) is 3.16. The fourth-order valence-electron chi connectivity index (χ4n) is 4.03. The molecule has 2 saturated heterocycles. The topological polar surface area (TPSA) is 67.4 Å². The largest absolute Gasteiger partial charge is 0.379 e. The number of ether oxygens (including phenoxy) is 1. The number of aromatic nitrogens is 2.